The third-order valence-electron chi connectivity index (χ3n) is 6.06. The molecular weight excluding hydrogens is 399 g/mol. The van der Waals surface area contributed by atoms with Crippen LogP contribution in [0.2, 0.25) is 0 Å². The molecule has 0 atom stereocenters. The van der Waals surface area contributed by atoms with Crippen molar-refractivity contribution in [3.05, 3.63) is 59.9 Å². The number of morpholine rings is 1. The Morgan fingerprint density at radius 1 is 1.00 bits per heavy atom. The van der Waals surface area contributed by atoms with Crippen molar-refractivity contribution < 1.29 is 23.4 Å². The van der Waals surface area contributed by atoms with E-state index >= 15 is 0 Å². The minimum absolute atomic E-state index is 0.207. The average Bonchev–Trinajstić information content (AvgIpc) is 2.81. The summed E-state index contributed by atoms with van der Waals surface area (Å²) in [6.07, 6.45) is 0.894. The molecule has 2 aromatic rings. The van der Waals surface area contributed by atoms with Crippen LogP contribution in [0, 0.1) is 5.82 Å². The van der Waals surface area contributed by atoms with Gasteiger partial charge < -0.3 is 19.5 Å². The largest absolute Gasteiger partial charge is 0.492 e. The van der Waals surface area contributed by atoms with Crippen LogP contribution in [0.1, 0.15) is 18.4 Å². The monoisotopic (exact) mass is 428 g/mol. The molecule has 1 N–H and O–H groups in total. The second-order valence-electron chi connectivity index (χ2n) is 7.96. The Labute approximate surface area is 182 Å². The van der Waals surface area contributed by atoms with Crippen molar-refractivity contribution in [3.8, 4) is 5.75 Å². The lowest BCUT2D eigenvalue weighted by atomic mass is 9.73. The molecule has 0 aliphatic carbocycles. The Bertz CT molecular complexity index is 862. The zero-order valence-corrected chi connectivity index (χ0v) is 17.6. The lowest BCUT2D eigenvalue weighted by Crippen LogP contribution is -2.45. The number of nitrogens with zero attached hydrogens (tertiary/aromatic N) is 1. The first kappa shape index (κ1) is 21.7. The van der Waals surface area contributed by atoms with Crippen molar-refractivity contribution in [1.82, 2.24) is 4.90 Å². The lowest BCUT2D eigenvalue weighted by molar-refractivity contribution is -0.125. The van der Waals surface area contributed by atoms with E-state index in [0.717, 1.165) is 38.6 Å². The molecule has 166 valence electrons. The van der Waals surface area contributed by atoms with Crippen LogP contribution in [0.4, 0.5) is 10.1 Å². The van der Waals surface area contributed by atoms with E-state index in [0.29, 0.717) is 43.9 Å². The zero-order chi connectivity index (χ0) is 21.5. The van der Waals surface area contributed by atoms with Crippen LogP contribution >= 0.6 is 0 Å². The van der Waals surface area contributed by atoms with Crippen LogP contribution in [0.3, 0.4) is 0 Å². The van der Waals surface area contributed by atoms with Crippen molar-refractivity contribution in [2.45, 2.75) is 18.3 Å². The van der Waals surface area contributed by atoms with Crippen molar-refractivity contribution >= 4 is 11.6 Å². The molecule has 2 aromatic carbocycles. The topological polar surface area (TPSA) is 60.0 Å². The molecule has 0 bridgehead atoms. The fourth-order valence-corrected chi connectivity index (χ4v) is 4.19. The number of halogens is 1. The number of hydrogen-bond acceptors (Lipinski definition) is 5. The van der Waals surface area contributed by atoms with Gasteiger partial charge in [-0.05, 0) is 43.2 Å². The molecule has 0 aromatic heterocycles. The number of rotatable bonds is 7. The zero-order valence-electron chi connectivity index (χ0n) is 17.6. The van der Waals surface area contributed by atoms with E-state index in [4.69, 9.17) is 14.2 Å². The summed E-state index contributed by atoms with van der Waals surface area (Å²) in [5.74, 6) is 0.187. The van der Waals surface area contributed by atoms with E-state index < -0.39 is 5.41 Å². The van der Waals surface area contributed by atoms with Gasteiger partial charge in [-0.2, -0.15) is 0 Å². The first-order chi connectivity index (χ1) is 15.2. The number of amides is 1. The van der Waals surface area contributed by atoms with Crippen LogP contribution in [-0.2, 0) is 19.7 Å². The van der Waals surface area contributed by atoms with Gasteiger partial charge in [-0.25, -0.2) is 4.39 Å². The van der Waals surface area contributed by atoms with Gasteiger partial charge in [0.1, 0.15) is 18.2 Å². The maximum atomic E-state index is 14.6. The minimum Gasteiger partial charge on any atom is -0.492 e. The van der Waals surface area contributed by atoms with Crippen LogP contribution in [0.15, 0.2) is 48.5 Å². The fourth-order valence-electron chi connectivity index (χ4n) is 4.19. The van der Waals surface area contributed by atoms with E-state index in [-0.39, 0.29) is 11.7 Å². The molecule has 6 nitrogen and oxygen atoms in total. The molecular formula is C24H29FN2O4. The minimum atomic E-state index is -0.934. The molecule has 2 saturated heterocycles. The number of carbonyl (C=O) groups is 1. The van der Waals surface area contributed by atoms with E-state index in [1.807, 2.05) is 24.3 Å². The first-order valence-electron chi connectivity index (χ1n) is 10.8. The van der Waals surface area contributed by atoms with Crippen LogP contribution in [0.25, 0.3) is 0 Å². The van der Waals surface area contributed by atoms with Gasteiger partial charge in [-0.1, -0.05) is 18.2 Å². The van der Waals surface area contributed by atoms with E-state index in [9.17, 15) is 9.18 Å². The van der Waals surface area contributed by atoms with Crippen molar-refractivity contribution in [2.24, 2.45) is 0 Å². The Kier molecular flexibility index (Phi) is 7.17. The first-order valence-corrected chi connectivity index (χ1v) is 10.8. The van der Waals surface area contributed by atoms with Gasteiger partial charge in [0.05, 0.1) is 18.6 Å². The lowest BCUT2D eigenvalue weighted by Gasteiger charge is -2.36. The fraction of sp³-hybridized carbons (Fsp3) is 0.458. The third kappa shape index (κ3) is 5.23. The number of carbonyl (C=O) groups excluding carboxylic acids is 1. The van der Waals surface area contributed by atoms with E-state index in [2.05, 4.69) is 10.2 Å². The maximum absolute atomic E-state index is 14.6. The van der Waals surface area contributed by atoms with Gasteiger partial charge in [0.25, 0.3) is 0 Å². The number of benzene rings is 2. The predicted octanol–water partition coefficient (Wildman–Crippen LogP) is 3.22. The van der Waals surface area contributed by atoms with Crippen molar-refractivity contribution in [1.29, 1.82) is 0 Å². The van der Waals surface area contributed by atoms with Crippen molar-refractivity contribution in [2.75, 3.05) is 58.0 Å². The van der Waals surface area contributed by atoms with Gasteiger partial charge in [-0.15, -0.1) is 0 Å². The third-order valence-corrected chi connectivity index (χ3v) is 6.06. The molecule has 0 unspecified atom stereocenters. The van der Waals surface area contributed by atoms with Crippen molar-refractivity contribution in [3.63, 3.8) is 0 Å². The van der Waals surface area contributed by atoms with Gasteiger partial charge in [0.2, 0.25) is 5.91 Å². The smallest absolute Gasteiger partial charge is 0.235 e. The Morgan fingerprint density at radius 2 is 1.68 bits per heavy atom. The standard InChI is InChI=1S/C24H29FN2O4/c25-22-4-2-1-3-21(22)24(9-14-29-15-10-24)23(28)26-19-5-7-20(8-6-19)31-18-13-27-11-16-30-17-12-27/h1-8H,9-18H2,(H,26,28). The summed E-state index contributed by atoms with van der Waals surface area (Å²) in [6, 6.07) is 13.8. The number of anilines is 1. The Balaban J connectivity index is 1.38. The highest BCUT2D eigenvalue weighted by Crippen LogP contribution is 2.37. The number of nitrogens with one attached hydrogen (secondary N) is 1. The van der Waals surface area contributed by atoms with Crippen LogP contribution in [0.5, 0.6) is 5.75 Å². The Morgan fingerprint density at radius 3 is 2.39 bits per heavy atom. The molecule has 7 heteroatoms. The number of ether oxygens (including phenoxy) is 3. The van der Waals surface area contributed by atoms with Crippen LogP contribution in [-0.4, -0.2) is 63.5 Å². The summed E-state index contributed by atoms with van der Waals surface area (Å²) >= 11 is 0. The van der Waals surface area contributed by atoms with E-state index in [1.54, 1.807) is 18.2 Å². The van der Waals surface area contributed by atoms with E-state index in [1.165, 1.54) is 6.07 Å². The summed E-state index contributed by atoms with van der Waals surface area (Å²) < 4.78 is 31.2. The molecule has 0 spiro atoms. The molecule has 31 heavy (non-hydrogen) atoms. The quantitative estimate of drug-likeness (QED) is 0.734. The average molecular weight is 429 g/mol. The molecule has 2 aliphatic rings. The van der Waals surface area contributed by atoms with Gasteiger partial charge in [-0.3, -0.25) is 9.69 Å². The summed E-state index contributed by atoms with van der Waals surface area (Å²) in [4.78, 5) is 15.6. The summed E-state index contributed by atoms with van der Waals surface area (Å²) in [5, 5.41) is 2.97. The molecule has 1 amide bonds. The highest BCUT2D eigenvalue weighted by molar-refractivity contribution is 5.99. The summed E-state index contributed by atoms with van der Waals surface area (Å²) in [7, 11) is 0. The van der Waals surface area contributed by atoms with Crippen LogP contribution < -0.4 is 10.1 Å². The molecule has 2 fully saturated rings. The maximum Gasteiger partial charge on any atom is 0.235 e. The Hall–Kier alpha value is -2.48. The molecule has 2 heterocycles. The number of hydrogen-bond donors (Lipinski definition) is 1. The second-order valence-corrected chi connectivity index (χ2v) is 7.96. The van der Waals surface area contributed by atoms with Gasteiger partial charge in [0, 0.05) is 44.1 Å². The molecule has 0 saturated carbocycles. The van der Waals surface area contributed by atoms with Gasteiger partial charge in [0.15, 0.2) is 0 Å². The predicted molar refractivity (Wildman–Crippen MR) is 116 cm³/mol. The molecule has 0 radical (unpaired) electrons. The summed E-state index contributed by atoms with van der Waals surface area (Å²) in [6.45, 7) is 5.72. The summed E-state index contributed by atoms with van der Waals surface area (Å²) in [5.41, 5.74) is 0.156. The molecule has 2 aliphatic heterocycles. The highest BCUT2D eigenvalue weighted by atomic mass is 19.1. The normalized spacial score (nSPS) is 19.0. The molecule has 4 rings (SSSR count). The highest BCUT2D eigenvalue weighted by Gasteiger charge is 2.43. The van der Waals surface area contributed by atoms with Gasteiger partial charge >= 0.3 is 0 Å². The second kappa shape index (κ2) is 10.2. The SMILES string of the molecule is O=C(Nc1ccc(OCCN2CCOCC2)cc1)C1(c2ccccc2F)CCOCC1.